The van der Waals surface area contributed by atoms with Gasteiger partial charge in [0.25, 0.3) is 0 Å². The second-order valence-electron chi connectivity index (χ2n) is 2.33. The van der Waals surface area contributed by atoms with Crippen molar-refractivity contribution < 1.29 is 18.6 Å². The van der Waals surface area contributed by atoms with Crippen molar-refractivity contribution in [2.24, 2.45) is 0 Å². The van der Waals surface area contributed by atoms with Gasteiger partial charge in [-0.3, -0.25) is 4.57 Å². The fourth-order valence-corrected chi connectivity index (χ4v) is 1.36. The summed E-state index contributed by atoms with van der Waals surface area (Å²) in [7, 11) is 0. The van der Waals surface area contributed by atoms with Crippen molar-refractivity contribution in [3.8, 4) is 0 Å². The molecule has 4 nitrogen and oxygen atoms in total. The molecular formula is C7H11Cl2O4P. The first-order valence-corrected chi connectivity index (χ1v) is 7.32. The van der Waals surface area contributed by atoms with Crippen molar-refractivity contribution in [3.05, 3.63) is 12.7 Å². The number of hydrogen-bond acceptors (Lipinski definition) is 4. The van der Waals surface area contributed by atoms with Crippen LogP contribution in [0.2, 0.25) is 0 Å². The zero-order chi connectivity index (χ0) is 11.0. The summed E-state index contributed by atoms with van der Waals surface area (Å²) in [5.41, 5.74) is 0. The average molecular weight is 261 g/mol. The summed E-state index contributed by atoms with van der Waals surface area (Å²) in [6.07, 6.45) is -1.18. The van der Waals surface area contributed by atoms with Gasteiger partial charge in [0.1, 0.15) is 0 Å². The third kappa shape index (κ3) is 10.1. The molecule has 14 heavy (non-hydrogen) atoms. The summed E-state index contributed by atoms with van der Waals surface area (Å²) in [5, 5.41) is 0. The molecule has 0 spiro atoms. The Kier molecular flexibility index (Phi) is 7.28. The number of carbonyl (C=O) groups excluding carboxylic acids is 1. The minimum atomic E-state index is -3.42. The van der Waals surface area contributed by atoms with Crippen molar-refractivity contribution in [2.45, 2.75) is 12.8 Å². The number of ether oxygens (including phenoxy) is 1. The Balaban J connectivity index is 3.27. The summed E-state index contributed by atoms with van der Waals surface area (Å²) >= 11 is 10.2. The smallest absolute Gasteiger partial charge is 0.380 e. The highest BCUT2D eigenvalue weighted by Crippen LogP contribution is 2.57. The fourth-order valence-electron chi connectivity index (χ4n) is 0.607. The van der Waals surface area contributed by atoms with Gasteiger partial charge in [0, 0.05) is 6.08 Å². The highest BCUT2D eigenvalue weighted by atomic mass is 35.9. The summed E-state index contributed by atoms with van der Waals surface area (Å²) in [5.74, 6) is -0.466. The van der Waals surface area contributed by atoms with E-state index in [2.05, 4.69) is 15.8 Å². The minimum Gasteiger partial charge on any atom is -0.463 e. The molecule has 0 fully saturated rings. The second-order valence-corrected chi connectivity index (χ2v) is 6.60. The predicted molar refractivity (Wildman–Crippen MR) is 55.7 cm³/mol. The minimum absolute atomic E-state index is 0.177. The van der Waals surface area contributed by atoms with Crippen molar-refractivity contribution in [3.63, 3.8) is 0 Å². The molecule has 0 aromatic carbocycles. The molecule has 0 aromatic heterocycles. The Morgan fingerprint density at radius 3 is 2.43 bits per heavy atom. The summed E-state index contributed by atoms with van der Waals surface area (Å²) in [6, 6.07) is 0. The van der Waals surface area contributed by atoms with E-state index in [1.54, 1.807) is 0 Å². The molecule has 0 heterocycles. The van der Waals surface area contributed by atoms with Gasteiger partial charge in [-0.2, -0.15) is 0 Å². The van der Waals surface area contributed by atoms with Crippen molar-refractivity contribution >= 4 is 34.5 Å². The number of carbonyl (C=O) groups is 1. The summed E-state index contributed by atoms with van der Waals surface area (Å²) < 4.78 is 19.9. The van der Waals surface area contributed by atoms with E-state index in [0.717, 1.165) is 6.08 Å². The summed E-state index contributed by atoms with van der Waals surface area (Å²) in [6.45, 7) is 3.68. The Hall–Kier alpha value is -0.0200. The number of rotatable bonds is 7. The van der Waals surface area contributed by atoms with E-state index >= 15 is 0 Å². The van der Waals surface area contributed by atoms with Crippen LogP contribution in [0.25, 0.3) is 0 Å². The molecule has 0 unspecified atom stereocenters. The Bertz CT molecular complexity index is 238. The van der Waals surface area contributed by atoms with Gasteiger partial charge in [-0.15, -0.1) is 0 Å². The fraction of sp³-hybridized carbons (Fsp3) is 0.571. The number of halogens is 2. The molecule has 0 aliphatic rings. The predicted octanol–water partition coefficient (Wildman–Crippen LogP) is 3.10. The Morgan fingerprint density at radius 2 is 1.93 bits per heavy atom. The maximum atomic E-state index is 10.6. The van der Waals surface area contributed by atoms with Gasteiger partial charge in [0.05, 0.1) is 13.2 Å². The van der Waals surface area contributed by atoms with Gasteiger partial charge in [-0.25, -0.2) is 4.79 Å². The standard InChI is InChI=1S/C7H11Cl2O4P/c1-2-7(10)12-5-3-4-6-13-14(8,9)11/h2H,1,3-6H2. The molecule has 0 aromatic rings. The Morgan fingerprint density at radius 1 is 1.36 bits per heavy atom. The van der Waals surface area contributed by atoms with Gasteiger partial charge in [0.15, 0.2) is 0 Å². The molecule has 0 rings (SSSR count). The van der Waals surface area contributed by atoms with Crippen LogP contribution >= 0.6 is 28.6 Å². The monoisotopic (exact) mass is 260 g/mol. The average Bonchev–Trinajstić information content (AvgIpc) is 2.08. The molecule has 0 aliphatic heterocycles. The van der Waals surface area contributed by atoms with Gasteiger partial charge in [0.2, 0.25) is 0 Å². The molecule has 0 saturated heterocycles. The number of esters is 1. The molecule has 82 valence electrons. The third-order valence-corrected chi connectivity index (χ3v) is 2.26. The number of hydrogen-bond donors (Lipinski definition) is 0. The van der Waals surface area contributed by atoms with E-state index in [1.807, 2.05) is 0 Å². The third-order valence-electron chi connectivity index (χ3n) is 1.19. The molecule has 0 atom stereocenters. The van der Waals surface area contributed by atoms with Crippen LogP contribution < -0.4 is 0 Å². The number of unbranched alkanes of at least 4 members (excludes halogenated alkanes) is 1. The van der Waals surface area contributed by atoms with E-state index in [4.69, 9.17) is 22.5 Å². The highest BCUT2D eigenvalue weighted by Gasteiger charge is 2.12. The van der Waals surface area contributed by atoms with Gasteiger partial charge < -0.3 is 9.26 Å². The topological polar surface area (TPSA) is 52.6 Å². The van der Waals surface area contributed by atoms with Gasteiger partial charge in [-0.05, 0) is 35.3 Å². The molecule has 0 aliphatic carbocycles. The van der Waals surface area contributed by atoms with Crippen LogP contribution in [-0.2, 0) is 18.6 Å². The van der Waals surface area contributed by atoms with Crippen molar-refractivity contribution in [1.29, 1.82) is 0 Å². The van der Waals surface area contributed by atoms with Crippen molar-refractivity contribution in [1.82, 2.24) is 0 Å². The van der Waals surface area contributed by atoms with Gasteiger partial charge >= 0.3 is 12.0 Å². The van der Waals surface area contributed by atoms with E-state index < -0.39 is 12.0 Å². The molecule has 0 amide bonds. The lowest BCUT2D eigenvalue weighted by Crippen LogP contribution is -2.02. The van der Waals surface area contributed by atoms with Crippen LogP contribution in [0.4, 0.5) is 0 Å². The molecule has 7 heteroatoms. The zero-order valence-electron chi connectivity index (χ0n) is 7.45. The van der Waals surface area contributed by atoms with Gasteiger partial charge in [-0.1, -0.05) is 6.58 Å². The largest absolute Gasteiger partial charge is 0.463 e. The van der Waals surface area contributed by atoms with Crippen LogP contribution in [0, 0.1) is 0 Å². The lowest BCUT2D eigenvalue weighted by Gasteiger charge is -2.04. The van der Waals surface area contributed by atoms with E-state index in [0.29, 0.717) is 12.8 Å². The second kappa shape index (κ2) is 7.30. The van der Waals surface area contributed by atoms with Crippen LogP contribution in [0.3, 0.4) is 0 Å². The SMILES string of the molecule is C=CC(=O)OCCCCOP(=O)(Cl)Cl. The lowest BCUT2D eigenvalue weighted by atomic mass is 10.3. The van der Waals surface area contributed by atoms with Crippen LogP contribution in [-0.4, -0.2) is 19.2 Å². The lowest BCUT2D eigenvalue weighted by molar-refractivity contribution is -0.137. The van der Waals surface area contributed by atoms with Crippen LogP contribution in [0.1, 0.15) is 12.8 Å². The Labute approximate surface area is 92.2 Å². The zero-order valence-corrected chi connectivity index (χ0v) is 9.86. The molecule has 0 bridgehead atoms. The summed E-state index contributed by atoms with van der Waals surface area (Å²) in [4.78, 5) is 10.5. The molecule has 0 N–H and O–H groups in total. The van der Waals surface area contributed by atoms with E-state index in [-0.39, 0.29) is 13.2 Å². The van der Waals surface area contributed by atoms with E-state index in [1.165, 1.54) is 0 Å². The van der Waals surface area contributed by atoms with Crippen LogP contribution in [0.15, 0.2) is 12.7 Å². The molecule has 0 radical (unpaired) electrons. The maximum absolute atomic E-state index is 10.6. The van der Waals surface area contributed by atoms with Crippen molar-refractivity contribution in [2.75, 3.05) is 13.2 Å². The maximum Gasteiger partial charge on any atom is 0.380 e. The quantitative estimate of drug-likeness (QED) is 0.306. The first-order chi connectivity index (χ1) is 6.45. The first-order valence-electron chi connectivity index (χ1n) is 3.89. The molecular weight excluding hydrogens is 250 g/mol. The van der Waals surface area contributed by atoms with Crippen LogP contribution in [0.5, 0.6) is 0 Å². The normalized spacial score (nSPS) is 11.0. The first kappa shape index (κ1) is 14.0. The highest BCUT2D eigenvalue weighted by molar-refractivity contribution is 8.05. The molecule has 0 saturated carbocycles. The van der Waals surface area contributed by atoms with E-state index in [9.17, 15) is 9.36 Å².